The number of nitrogens with zero attached hydrogens (tertiary/aromatic N) is 3. The number of pyridine rings is 1. The highest BCUT2D eigenvalue weighted by Gasteiger charge is 2.40. The SMILES string of the molecule is C/C=C\C(=NCC)C(CN(C(=O)c1cc(C)c(=O)n(C)c1)C(C(=O)C(C)C)C1CCOCC1)c1ccccc1. The van der Waals surface area contributed by atoms with Gasteiger partial charge in [0.15, 0.2) is 5.78 Å². The molecule has 0 spiro atoms. The van der Waals surface area contributed by atoms with Crippen LogP contribution in [0.2, 0.25) is 0 Å². The molecule has 2 unspecified atom stereocenters. The average molecular weight is 534 g/mol. The van der Waals surface area contributed by atoms with Gasteiger partial charge in [0, 0.05) is 62.7 Å². The minimum absolute atomic E-state index is 0.0177. The van der Waals surface area contributed by atoms with Crippen LogP contribution in [0.25, 0.3) is 0 Å². The molecule has 1 aromatic heterocycles. The number of aryl methyl sites for hydroxylation is 2. The Kier molecular flexibility index (Phi) is 11.0. The largest absolute Gasteiger partial charge is 0.381 e. The van der Waals surface area contributed by atoms with Gasteiger partial charge in [0.25, 0.3) is 11.5 Å². The van der Waals surface area contributed by atoms with Crippen LogP contribution in [0.4, 0.5) is 0 Å². The molecule has 2 aromatic rings. The van der Waals surface area contributed by atoms with Crippen LogP contribution in [-0.4, -0.2) is 59.2 Å². The highest BCUT2D eigenvalue weighted by atomic mass is 16.5. The molecule has 2 heterocycles. The zero-order valence-electron chi connectivity index (χ0n) is 24.2. The number of Topliss-reactive ketones (excluding diaryl/α,β-unsaturated/α-hetero) is 1. The second-order valence-corrected chi connectivity index (χ2v) is 10.6. The van der Waals surface area contributed by atoms with Gasteiger partial charge < -0.3 is 14.2 Å². The second kappa shape index (κ2) is 14.2. The van der Waals surface area contributed by atoms with Crippen LogP contribution in [0.15, 0.2) is 64.5 Å². The molecular formula is C32H43N3O4. The zero-order chi connectivity index (χ0) is 28.5. The summed E-state index contributed by atoms with van der Waals surface area (Å²) in [6, 6.07) is 11.1. The molecule has 0 radical (unpaired) electrons. The van der Waals surface area contributed by atoms with Crippen LogP contribution < -0.4 is 5.56 Å². The normalized spacial score (nSPS) is 16.4. The molecule has 0 aliphatic carbocycles. The second-order valence-electron chi connectivity index (χ2n) is 10.6. The van der Waals surface area contributed by atoms with Crippen molar-refractivity contribution < 1.29 is 14.3 Å². The van der Waals surface area contributed by atoms with Crippen LogP contribution in [-0.2, 0) is 16.6 Å². The van der Waals surface area contributed by atoms with Gasteiger partial charge in [0.2, 0.25) is 0 Å². The van der Waals surface area contributed by atoms with E-state index in [1.807, 2.05) is 70.2 Å². The predicted molar refractivity (Wildman–Crippen MR) is 157 cm³/mol. The number of benzene rings is 1. The van der Waals surface area contributed by atoms with Crippen LogP contribution >= 0.6 is 0 Å². The van der Waals surface area contributed by atoms with Gasteiger partial charge in [0.1, 0.15) is 0 Å². The first-order valence-corrected chi connectivity index (χ1v) is 14.0. The maximum absolute atomic E-state index is 14.4. The maximum atomic E-state index is 14.4. The highest BCUT2D eigenvalue weighted by molar-refractivity contribution is 6.02. The summed E-state index contributed by atoms with van der Waals surface area (Å²) in [5.74, 6) is -0.706. The van der Waals surface area contributed by atoms with Gasteiger partial charge in [-0.2, -0.15) is 0 Å². The van der Waals surface area contributed by atoms with E-state index in [2.05, 4.69) is 0 Å². The van der Waals surface area contributed by atoms with Crippen LogP contribution in [0, 0.1) is 18.8 Å². The van der Waals surface area contributed by atoms with Crippen molar-refractivity contribution in [2.75, 3.05) is 26.3 Å². The third-order valence-corrected chi connectivity index (χ3v) is 7.40. The summed E-state index contributed by atoms with van der Waals surface area (Å²) in [6.07, 6.45) is 6.95. The Morgan fingerprint density at radius 3 is 2.41 bits per heavy atom. The number of carbonyl (C=O) groups excluding carboxylic acids is 2. The maximum Gasteiger partial charge on any atom is 0.256 e. The quantitative estimate of drug-likeness (QED) is 0.382. The Balaban J connectivity index is 2.22. The van der Waals surface area contributed by atoms with Crippen molar-refractivity contribution in [2.45, 2.75) is 59.4 Å². The Morgan fingerprint density at radius 1 is 1.18 bits per heavy atom. The van der Waals surface area contributed by atoms with Crippen molar-refractivity contribution in [1.29, 1.82) is 0 Å². The van der Waals surface area contributed by atoms with Gasteiger partial charge in [-0.3, -0.25) is 19.4 Å². The summed E-state index contributed by atoms with van der Waals surface area (Å²) in [7, 11) is 1.65. The molecule has 1 saturated heterocycles. The first-order chi connectivity index (χ1) is 18.7. The third-order valence-electron chi connectivity index (χ3n) is 7.40. The molecule has 0 bridgehead atoms. The molecule has 210 valence electrons. The van der Waals surface area contributed by atoms with Crippen molar-refractivity contribution in [3.63, 3.8) is 0 Å². The molecule has 1 amide bonds. The fraction of sp³-hybridized carbons (Fsp3) is 0.500. The fourth-order valence-corrected chi connectivity index (χ4v) is 5.38. The Labute approximate surface area is 232 Å². The van der Waals surface area contributed by atoms with Crippen molar-refractivity contribution in [3.05, 3.63) is 81.8 Å². The molecular weight excluding hydrogens is 490 g/mol. The standard InChI is InChI=1S/C32H43N3O4/c1-7-12-28(33-8-2)27(24-13-10-9-11-14-24)21-35(32(38)26-19-23(5)31(37)34(6)20-26)29(30(36)22(3)4)25-15-17-39-18-16-25/h7,9-14,19-20,22,25,27,29H,8,15-18,21H2,1-6H3/b12-7-,33-28?. The minimum Gasteiger partial charge on any atom is -0.381 e. The van der Waals surface area contributed by atoms with Gasteiger partial charge in [0.05, 0.1) is 11.6 Å². The number of carbonyl (C=O) groups is 2. The topological polar surface area (TPSA) is 81.0 Å². The molecule has 39 heavy (non-hydrogen) atoms. The molecule has 3 rings (SSSR count). The van der Waals surface area contributed by atoms with Gasteiger partial charge in [-0.25, -0.2) is 0 Å². The van der Waals surface area contributed by atoms with E-state index < -0.39 is 6.04 Å². The number of aromatic nitrogens is 1. The average Bonchev–Trinajstić information content (AvgIpc) is 2.94. The lowest BCUT2D eigenvalue weighted by Crippen LogP contribution is -2.53. The molecule has 1 aliphatic rings. The smallest absolute Gasteiger partial charge is 0.256 e. The molecule has 7 nitrogen and oxygen atoms in total. The number of rotatable bonds is 11. The molecule has 1 fully saturated rings. The van der Waals surface area contributed by atoms with E-state index in [4.69, 9.17) is 9.73 Å². The molecule has 1 aliphatic heterocycles. The van der Waals surface area contributed by atoms with E-state index in [1.165, 1.54) is 4.57 Å². The summed E-state index contributed by atoms with van der Waals surface area (Å²) in [4.78, 5) is 47.4. The molecule has 1 aromatic carbocycles. The van der Waals surface area contributed by atoms with Crippen LogP contribution in [0.1, 0.15) is 67.9 Å². The Morgan fingerprint density at radius 2 is 1.85 bits per heavy atom. The summed E-state index contributed by atoms with van der Waals surface area (Å²) in [5.41, 5.74) is 2.63. The monoisotopic (exact) mass is 533 g/mol. The van der Waals surface area contributed by atoms with E-state index in [1.54, 1.807) is 31.1 Å². The van der Waals surface area contributed by atoms with E-state index in [9.17, 15) is 14.4 Å². The number of hydrogen-bond acceptors (Lipinski definition) is 5. The molecule has 7 heteroatoms. The number of aliphatic imine (C=N–C) groups is 1. The number of hydrogen-bond donors (Lipinski definition) is 0. The summed E-state index contributed by atoms with van der Waals surface area (Å²) < 4.78 is 7.07. The van der Waals surface area contributed by atoms with E-state index in [0.29, 0.717) is 43.7 Å². The number of ether oxygens (including phenoxy) is 1. The van der Waals surface area contributed by atoms with Gasteiger partial charge >= 0.3 is 0 Å². The highest BCUT2D eigenvalue weighted by Crippen LogP contribution is 2.30. The van der Waals surface area contributed by atoms with Crippen molar-refractivity contribution >= 4 is 17.4 Å². The van der Waals surface area contributed by atoms with Gasteiger partial charge in [-0.1, -0.05) is 50.3 Å². The minimum atomic E-state index is -0.612. The number of allylic oxidation sites excluding steroid dienone is 2. The lowest BCUT2D eigenvalue weighted by molar-refractivity contribution is -0.129. The number of amides is 1. The summed E-state index contributed by atoms with van der Waals surface area (Å²) in [5, 5.41) is 0. The van der Waals surface area contributed by atoms with Crippen molar-refractivity contribution in [3.8, 4) is 0 Å². The van der Waals surface area contributed by atoms with Crippen molar-refractivity contribution in [2.24, 2.45) is 23.9 Å². The van der Waals surface area contributed by atoms with Crippen molar-refractivity contribution in [1.82, 2.24) is 9.47 Å². The third kappa shape index (κ3) is 7.41. The Hall–Kier alpha value is -3.32. The first-order valence-electron chi connectivity index (χ1n) is 14.0. The van der Waals surface area contributed by atoms with E-state index in [-0.39, 0.29) is 41.5 Å². The first kappa shape index (κ1) is 30.2. The van der Waals surface area contributed by atoms with E-state index in [0.717, 1.165) is 11.3 Å². The van der Waals surface area contributed by atoms with Gasteiger partial charge in [-0.05, 0) is 57.2 Å². The number of ketones is 1. The van der Waals surface area contributed by atoms with Gasteiger partial charge in [-0.15, -0.1) is 0 Å². The lowest BCUT2D eigenvalue weighted by atomic mass is 9.82. The summed E-state index contributed by atoms with van der Waals surface area (Å²) >= 11 is 0. The summed E-state index contributed by atoms with van der Waals surface area (Å²) in [6.45, 7) is 11.5. The van der Waals surface area contributed by atoms with Crippen LogP contribution in [0.3, 0.4) is 0 Å². The Bertz CT molecular complexity index is 1210. The molecule has 0 saturated carbocycles. The lowest BCUT2D eigenvalue weighted by Gasteiger charge is -2.40. The van der Waals surface area contributed by atoms with Crippen LogP contribution in [0.5, 0.6) is 0 Å². The van der Waals surface area contributed by atoms with E-state index >= 15 is 0 Å². The molecule has 2 atom stereocenters. The predicted octanol–water partition coefficient (Wildman–Crippen LogP) is 4.98. The zero-order valence-corrected chi connectivity index (χ0v) is 24.2. The fourth-order valence-electron chi connectivity index (χ4n) is 5.38. The molecule has 0 N–H and O–H groups in total.